The predicted octanol–water partition coefficient (Wildman–Crippen LogP) is 5.83. The maximum Gasteiger partial charge on any atom is 0.262 e. The van der Waals surface area contributed by atoms with Crippen molar-refractivity contribution < 1.29 is 19.8 Å². The van der Waals surface area contributed by atoms with Crippen LogP contribution in [-0.2, 0) is 13.1 Å². The van der Waals surface area contributed by atoms with Gasteiger partial charge in [0, 0.05) is 42.5 Å². The second-order valence-corrected chi connectivity index (χ2v) is 9.70. The molecule has 8 heteroatoms. The molecule has 0 saturated carbocycles. The van der Waals surface area contributed by atoms with Crippen molar-refractivity contribution in [3.63, 3.8) is 0 Å². The molecule has 2 amide bonds. The molecule has 5 rings (SSSR count). The third-order valence-electron chi connectivity index (χ3n) is 6.27. The molecule has 0 unspecified atom stereocenters. The SMILES string of the molecule is CN(Cc1cccc2cccnc12)C(=O)c1ccc(N(Cc2ccsc2)C(=O)c2ccc(O)cc2O)cc1. The van der Waals surface area contributed by atoms with Crippen LogP contribution in [0.15, 0.2) is 95.8 Å². The highest BCUT2D eigenvalue weighted by Gasteiger charge is 2.22. The first kappa shape index (κ1) is 25.0. The van der Waals surface area contributed by atoms with Crippen LogP contribution in [0, 0.1) is 0 Å². The van der Waals surface area contributed by atoms with E-state index in [4.69, 9.17) is 0 Å². The zero-order valence-corrected chi connectivity index (χ0v) is 21.4. The molecule has 190 valence electrons. The van der Waals surface area contributed by atoms with E-state index in [1.54, 1.807) is 42.4 Å². The number of aromatic hydroxyl groups is 2. The largest absolute Gasteiger partial charge is 0.508 e. The molecule has 2 N–H and O–H groups in total. The van der Waals surface area contributed by atoms with Gasteiger partial charge in [-0.1, -0.05) is 24.3 Å². The molecule has 2 heterocycles. The van der Waals surface area contributed by atoms with Crippen molar-refractivity contribution in [1.82, 2.24) is 9.88 Å². The summed E-state index contributed by atoms with van der Waals surface area (Å²) in [6, 6.07) is 22.5. The first-order valence-electron chi connectivity index (χ1n) is 11.9. The Morgan fingerprint density at radius 1 is 0.895 bits per heavy atom. The van der Waals surface area contributed by atoms with E-state index in [-0.39, 0.29) is 29.5 Å². The lowest BCUT2D eigenvalue weighted by Crippen LogP contribution is -2.30. The lowest BCUT2D eigenvalue weighted by Gasteiger charge is -2.24. The molecule has 0 spiro atoms. The fraction of sp³-hybridized carbons (Fsp3) is 0.100. The molecule has 0 aliphatic rings. The number of rotatable bonds is 7. The van der Waals surface area contributed by atoms with Crippen molar-refractivity contribution in [3.8, 4) is 11.5 Å². The van der Waals surface area contributed by atoms with Gasteiger partial charge in [-0.3, -0.25) is 14.6 Å². The van der Waals surface area contributed by atoms with Crippen molar-refractivity contribution in [2.75, 3.05) is 11.9 Å². The first-order valence-corrected chi connectivity index (χ1v) is 12.9. The number of pyridine rings is 1. The van der Waals surface area contributed by atoms with Gasteiger partial charge in [-0.05, 0) is 70.4 Å². The second kappa shape index (κ2) is 10.7. The van der Waals surface area contributed by atoms with Gasteiger partial charge >= 0.3 is 0 Å². The highest BCUT2D eigenvalue weighted by Crippen LogP contribution is 2.28. The van der Waals surface area contributed by atoms with E-state index < -0.39 is 5.91 Å². The lowest BCUT2D eigenvalue weighted by molar-refractivity contribution is 0.0785. The second-order valence-electron chi connectivity index (χ2n) is 8.92. The summed E-state index contributed by atoms with van der Waals surface area (Å²) in [6.07, 6.45) is 1.74. The van der Waals surface area contributed by atoms with E-state index in [1.165, 1.54) is 28.4 Å². The van der Waals surface area contributed by atoms with Gasteiger partial charge in [0.15, 0.2) is 0 Å². The van der Waals surface area contributed by atoms with Crippen LogP contribution in [0.5, 0.6) is 11.5 Å². The lowest BCUT2D eigenvalue weighted by atomic mass is 10.1. The molecule has 0 bridgehead atoms. The Morgan fingerprint density at radius 2 is 1.68 bits per heavy atom. The number of thiophene rings is 1. The summed E-state index contributed by atoms with van der Waals surface area (Å²) >= 11 is 1.53. The number of carbonyl (C=O) groups is 2. The summed E-state index contributed by atoms with van der Waals surface area (Å²) in [5.41, 5.74) is 3.89. The Hall–Kier alpha value is -4.69. The van der Waals surface area contributed by atoms with E-state index in [0.717, 1.165) is 28.1 Å². The number of carbonyl (C=O) groups excluding carboxylic acids is 2. The summed E-state index contributed by atoms with van der Waals surface area (Å²) in [6.45, 7) is 0.682. The van der Waals surface area contributed by atoms with Crippen molar-refractivity contribution >= 4 is 39.7 Å². The summed E-state index contributed by atoms with van der Waals surface area (Å²) in [7, 11) is 1.75. The molecule has 7 nitrogen and oxygen atoms in total. The zero-order chi connectivity index (χ0) is 26.6. The monoisotopic (exact) mass is 523 g/mol. The fourth-order valence-corrected chi connectivity index (χ4v) is 4.98. The number of benzene rings is 3. The molecule has 2 aromatic heterocycles. The number of amides is 2. The van der Waals surface area contributed by atoms with E-state index in [9.17, 15) is 19.8 Å². The van der Waals surface area contributed by atoms with Gasteiger partial charge in [0.2, 0.25) is 0 Å². The van der Waals surface area contributed by atoms with Crippen LogP contribution in [0.25, 0.3) is 10.9 Å². The summed E-state index contributed by atoms with van der Waals surface area (Å²) in [5, 5.41) is 24.8. The molecule has 38 heavy (non-hydrogen) atoms. The summed E-state index contributed by atoms with van der Waals surface area (Å²) in [5.74, 6) is -1.01. The van der Waals surface area contributed by atoms with Crippen LogP contribution in [0.3, 0.4) is 0 Å². The molecule has 0 atom stereocenters. The van der Waals surface area contributed by atoms with Crippen LogP contribution in [0.2, 0.25) is 0 Å². The third kappa shape index (κ3) is 5.21. The van der Waals surface area contributed by atoms with Crippen LogP contribution in [0.1, 0.15) is 31.8 Å². The van der Waals surface area contributed by atoms with Crippen LogP contribution in [-0.4, -0.2) is 39.0 Å². The van der Waals surface area contributed by atoms with Gasteiger partial charge in [0.1, 0.15) is 11.5 Å². The minimum Gasteiger partial charge on any atom is -0.508 e. The molecule has 0 fully saturated rings. The Bertz CT molecular complexity index is 1590. The van der Waals surface area contributed by atoms with Gasteiger partial charge < -0.3 is 20.0 Å². The van der Waals surface area contributed by atoms with Gasteiger partial charge in [-0.2, -0.15) is 11.3 Å². The van der Waals surface area contributed by atoms with E-state index >= 15 is 0 Å². The van der Waals surface area contributed by atoms with Crippen LogP contribution < -0.4 is 4.90 Å². The number of aromatic nitrogens is 1. The smallest absolute Gasteiger partial charge is 0.262 e. The quantitative estimate of drug-likeness (QED) is 0.280. The number of para-hydroxylation sites is 1. The molecule has 0 radical (unpaired) electrons. The minimum atomic E-state index is -0.423. The maximum atomic E-state index is 13.4. The number of nitrogens with zero attached hydrogens (tertiary/aromatic N) is 3. The average Bonchev–Trinajstić information content (AvgIpc) is 3.45. The zero-order valence-electron chi connectivity index (χ0n) is 20.6. The molecular formula is C30H25N3O4S. The number of fused-ring (bicyclic) bond motifs is 1. The molecule has 3 aromatic carbocycles. The summed E-state index contributed by atoms with van der Waals surface area (Å²) in [4.78, 5) is 34.3. The number of phenolic OH excluding ortho intramolecular Hbond substituents is 2. The van der Waals surface area contributed by atoms with Crippen molar-refractivity contribution in [2.45, 2.75) is 13.1 Å². The molecule has 0 saturated heterocycles. The maximum absolute atomic E-state index is 13.4. The predicted molar refractivity (Wildman–Crippen MR) is 149 cm³/mol. The highest BCUT2D eigenvalue weighted by molar-refractivity contribution is 7.07. The van der Waals surface area contributed by atoms with Gasteiger partial charge in [0.05, 0.1) is 17.6 Å². The number of hydrogen-bond acceptors (Lipinski definition) is 6. The standard InChI is InChI=1S/C30H25N3O4S/c1-32(18-23-5-2-4-21-6-3-14-31-28(21)23)29(36)22-7-9-24(10-8-22)33(17-20-13-15-38-19-20)30(37)26-12-11-25(34)16-27(26)35/h2-16,19,34-35H,17-18H2,1H3. The third-order valence-corrected chi connectivity index (χ3v) is 7.01. The highest BCUT2D eigenvalue weighted by atomic mass is 32.1. The number of phenols is 2. The van der Waals surface area contributed by atoms with Crippen molar-refractivity contribution in [3.05, 3.63) is 118 Å². The molecule has 0 aliphatic carbocycles. The Kier molecular flexibility index (Phi) is 7.06. The van der Waals surface area contributed by atoms with E-state index in [1.807, 2.05) is 47.2 Å². The van der Waals surface area contributed by atoms with Crippen LogP contribution >= 0.6 is 11.3 Å². The molecule has 0 aliphatic heterocycles. The van der Waals surface area contributed by atoms with Crippen molar-refractivity contribution in [2.24, 2.45) is 0 Å². The first-order chi connectivity index (χ1) is 18.4. The van der Waals surface area contributed by atoms with Gasteiger partial charge in [-0.25, -0.2) is 0 Å². The number of hydrogen-bond donors (Lipinski definition) is 2. The average molecular weight is 524 g/mol. The van der Waals surface area contributed by atoms with Gasteiger partial charge in [0.25, 0.3) is 11.8 Å². The topological polar surface area (TPSA) is 94.0 Å². The summed E-state index contributed by atoms with van der Waals surface area (Å²) < 4.78 is 0. The fourth-order valence-electron chi connectivity index (χ4n) is 4.32. The Labute approximate surface area is 223 Å². The van der Waals surface area contributed by atoms with E-state index in [2.05, 4.69) is 4.98 Å². The Balaban J connectivity index is 1.38. The van der Waals surface area contributed by atoms with Gasteiger partial charge in [-0.15, -0.1) is 0 Å². The number of anilines is 1. The Morgan fingerprint density at radius 3 is 2.42 bits per heavy atom. The van der Waals surface area contributed by atoms with Crippen molar-refractivity contribution in [1.29, 1.82) is 0 Å². The molecule has 5 aromatic rings. The van der Waals surface area contributed by atoms with E-state index in [0.29, 0.717) is 17.8 Å². The minimum absolute atomic E-state index is 0.0709. The normalized spacial score (nSPS) is 10.9. The molecular weight excluding hydrogens is 498 g/mol. The van der Waals surface area contributed by atoms with Crippen LogP contribution in [0.4, 0.5) is 5.69 Å².